The Bertz CT molecular complexity index is 902. The van der Waals surface area contributed by atoms with Gasteiger partial charge in [-0.2, -0.15) is 0 Å². The minimum Gasteiger partial charge on any atom is -0.361 e. The van der Waals surface area contributed by atoms with E-state index in [2.05, 4.69) is 5.32 Å². The number of rotatable bonds is 2. The molecule has 4 nitrogen and oxygen atoms in total. The van der Waals surface area contributed by atoms with Gasteiger partial charge in [-0.15, -0.1) is 0 Å². The SMILES string of the molecule is CC1=C(S(C)(=O)=O)C(c2ccc(Cl)c(F)c2)C2=C(CCCC2=O)N1. The van der Waals surface area contributed by atoms with Gasteiger partial charge in [0.1, 0.15) is 5.82 Å². The van der Waals surface area contributed by atoms with Gasteiger partial charge in [0.05, 0.1) is 15.8 Å². The van der Waals surface area contributed by atoms with Crippen molar-refractivity contribution >= 4 is 27.2 Å². The van der Waals surface area contributed by atoms with Crippen molar-refractivity contribution < 1.29 is 17.6 Å². The summed E-state index contributed by atoms with van der Waals surface area (Å²) in [7, 11) is -3.59. The molecule has 1 unspecified atom stereocenters. The van der Waals surface area contributed by atoms with Crippen LogP contribution in [0.4, 0.5) is 4.39 Å². The van der Waals surface area contributed by atoms with Gasteiger partial charge in [0.25, 0.3) is 0 Å². The number of dihydropyridines is 1. The molecule has 0 spiro atoms. The maximum atomic E-state index is 14.0. The lowest BCUT2D eigenvalue weighted by Crippen LogP contribution is -2.33. The molecule has 0 aromatic heterocycles. The summed E-state index contributed by atoms with van der Waals surface area (Å²) in [5.74, 6) is -1.53. The number of carbonyl (C=O) groups excluding carboxylic acids is 1. The molecular formula is C17H17ClFNO3S. The summed E-state index contributed by atoms with van der Waals surface area (Å²) in [4.78, 5) is 12.6. The molecule has 1 N–H and O–H groups in total. The molecule has 2 aliphatic rings. The van der Waals surface area contributed by atoms with E-state index >= 15 is 0 Å². The molecule has 0 saturated heterocycles. The quantitative estimate of drug-likeness (QED) is 0.867. The predicted octanol–water partition coefficient (Wildman–Crippen LogP) is 3.45. The second-order valence-corrected chi connectivity index (χ2v) is 8.55. The van der Waals surface area contributed by atoms with Crippen molar-refractivity contribution in [3.63, 3.8) is 0 Å². The fraction of sp³-hybridized carbons (Fsp3) is 0.353. The van der Waals surface area contributed by atoms with Crippen molar-refractivity contribution in [1.29, 1.82) is 0 Å². The van der Waals surface area contributed by atoms with Crippen molar-refractivity contribution in [2.45, 2.75) is 32.1 Å². The summed E-state index contributed by atoms with van der Waals surface area (Å²) in [6.07, 6.45) is 2.85. The lowest BCUT2D eigenvalue weighted by Gasteiger charge is -2.34. The molecule has 24 heavy (non-hydrogen) atoms. The Hall–Kier alpha value is -1.66. The van der Waals surface area contributed by atoms with Gasteiger partial charge in [0.2, 0.25) is 0 Å². The van der Waals surface area contributed by atoms with Crippen LogP contribution in [0.15, 0.2) is 40.1 Å². The highest BCUT2D eigenvalue weighted by atomic mass is 35.5. The fourth-order valence-corrected chi connectivity index (χ4v) is 4.87. The third kappa shape index (κ3) is 2.89. The van der Waals surface area contributed by atoms with Crippen LogP contribution in [-0.2, 0) is 14.6 Å². The number of ketones is 1. The van der Waals surface area contributed by atoms with Crippen LogP contribution in [0.5, 0.6) is 0 Å². The normalized spacial score (nSPS) is 21.7. The van der Waals surface area contributed by atoms with Crippen molar-refractivity contribution in [1.82, 2.24) is 5.32 Å². The van der Waals surface area contributed by atoms with Gasteiger partial charge in [0, 0.05) is 29.6 Å². The number of hydrogen-bond acceptors (Lipinski definition) is 4. The molecule has 1 atom stereocenters. The molecule has 1 aromatic carbocycles. The second kappa shape index (κ2) is 6.01. The third-order valence-corrected chi connectivity index (χ3v) is 6.04. The summed E-state index contributed by atoms with van der Waals surface area (Å²) in [5, 5.41) is 3.03. The van der Waals surface area contributed by atoms with Crippen LogP contribution in [0, 0.1) is 5.82 Å². The minimum absolute atomic E-state index is 0.0431. The lowest BCUT2D eigenvalue weighted by molar-refractivity contribution is -0.116. The maximum absolute atomic E-state index is 14.0. The van der Waals surface area contributed by atoms with Gasteiger partial charge >= 0.3 is 0 Å². The van der Waals surface area contributed by atoms with E-state index in [9.17, 15) is 17.6 Å². The Morgan fingerprint density at radius 3 is 2.62 bits per heavy atom. The number of benzene rings is 1. The number of nitrogens with one attached hydrogen (secondary N) is 1. The van der Waals surface area contributed by atoms with Crippen LogP contribution in [0.25, 0.3) is 0 Å². The lowest BCUT2D eigenvalue weighted by atomic mass is 9.79. The van der Waals surface area contributed by atoms with Crippen molar-refractivity contribution in [2.24, 2.45) is 0 Å². The van der Waals surface area contributed by atoms with E-state index in [4.69, 9.17) is 11.6 Å². The van der Waals surface area contributed by atoms with Crippen LogP contribution in [0.2, 0.25) is 5.02 Å². The van der Waals surface area contributed by atoms with E-state index in [0.717, 1.165) is 12.0 Å². The maximum Gasteiger partial charge on any atom is 0.174 e. The molecule has 0 radical (unpaired) electrons. The van der Waals surface area contributed by atoms with Gasteiger partial charge in [-0.3, -0.25) is 4.79 Å². The Morgan fingerprint density at radius 1 is 1.29 bits per heavy atom. The number of Topliss-reactive ketones (excluding diaryl/α,β-unsaturated/α-hetero) is 1. The largest absolute Gasteiger partial charge is 0.361 e. The van der Waals surface area contributed by atoms with Gasteiger partial charge < -0.3 is 5.32 Å². The van der Waals surface area contributed by atoms with E-state index in [1.807, 2.05) is 0 Å². The highest BCUT2D eigenvalue weighted by Crippen LogP contribution is 2.44. The molecule has 0 amide bonds. The zero-order valence-corrected chi connectivity index (χ0v) is 14.9. The topological polar surface area (TPSA) is 63.2 Å². The van der Waals surface area contributed by atoms with Crippen LogP contribution < -0.4 is 5.32 Å². The molecule has 1 aliphatic heterocycles. The first-order valence-corrected chi connectivity index (χ1v) is 9.86. The molecule has 7 heteroatoms. The monoisotopic (exact) mass is 369 g/mol. The van der Waals surface area contributed by atoms with Crippen molar-refractivity contribution in [3.05, 3.63) is 56.5 Å². The third-order valence-electron chi connectivity index (χ3n) is 4.39. The number of allylic oxidation sites excluding steroid dienone is 4. The number of carbonyl (C=O) groups is 1. The number of hydrogen-bond donors (Lipinski definition) is 1. The van der Waals surface area contributed by atoms with Gasteiger partial charge in [0.15, 0.2) is 15.6 Å². The van der Waals surface area contributed by atoms with E-state index in [-0.39, 0.29) is 15.7 Å². The Kier molecular flexibility index (Phi) is 4.30. The van der Waals surface area contributed by atoms with E-state index in [1.165, 1.54) is 12.1 Å². The minimum atomic E-state index is -3.59. The summed E-state index contributed by atoms with van der Waals surface area (Å²) in [6, 6.07) is 4.17. The average molecular weight is 370 g/mol. The molecule has 1 aromatic rings. The van der Waals surface area contributed by atoms with Gasteiger partial charge in [-0.05, 0) is 37.5 Å². The first-order valence-electron chi connectivity index (χ1n) is 7.59. The van der Waals surface area contributed by atoms with Crippen molar-refractivity contribution in [2.75, 3.05) is 6.26 Å². The van der Waals surface area contributed by atoms with E-state index in [0.29, 0.717) is 36.1 Å². The van der Waals surface area contributed by atoms with Crippen molar-refractivity contribution in [3.8, 4) is 0 Å². The molecule has 0 fully saturated rings. The highest BCUT2D eigenvalue weighted by molar-refractivity contribution is 7.94. The van der Waals surface area contributed by atoms with Crippen LogP contribution in [0.3, 0.4) is 0 Å². The Balaban J connectivity index is 2.27. The molecule has 1 heterocycles. The van der Waals surface area contributed by atoms with Gasteiger partial charge in [-0.25, -0.2) is 12.8 Å². The summed E-state index contributed by atoms with van der Waals surface area (Å²) in [5.41, 5.74) is 2.05. The van der Waals surface area contributed by atoms with Crippen LogP contribution in [0.1, 0.15) is 37.7 Å². The predicted molar refractivity (Wildman–Crippen MR) is 90.7 cm³/mol. The van der Waals surface area contributed by atoms with E-state index < -0.39 is 21.6 Å². The Labute approximate surface area is 145 Å². The van der Waals surface area contributed by atoms with Crippen LogP contribution in [-0.4, -0.2) is 20.5 Å². The molecule has 3 rings (SSSR count). The smallest absolute Gasteiger partial charge is 0.174 e. The number of halogens is 2. The first kappa shape index (κ1) is 17.2. The zero-order valence-electron chi connectivity index (χ0n) is 13.3. The standard InChI is InChI=1S/C17H17ClFNO3S/c1-9-17(24(2,22)23)15(10-6-7-11(18)12(19)8-10)16-13(20-9)4-3-5-14(16)21/h6-8,15,20H,3-5H2,1-2H3. The average Bonchev–Trinajstić information content (AvgIpc) is 2.47. The summed E-state index contributed by atoms with van der Waals surface area (Å²) >= 11 is 5.74. The Morgan fingerprint density at radius 2 is 2.00 bits per heavy atom. The summed E-state index contributed by atoms with van der Waals surface area (Å²) < 4.78 is 38.7. The van der Waals surface area contributed by atoms with E-state index in [1.54, 1.807) is 13.0 Å². The molecular weight excluding hydrogens is 353 g/mol. The molecule has 0 bridgehead atoms. The van der Waals surface area contributed by atoms with Gasteiger partial charge in [-0.1, -0.05) is 17.7 Å². The van der Waals surface area contributed by atoms with Crippen LogP contribution >= 0.6 is 11.6 Å². The highest BCUT2D eigenvalue weighted by Gasteiger charge is 2.39. The summed E-state index contributed by atoms with van der Waals surface area (Å²) in [6.45, 7) is 1.67. The molecule has 0 saturated carbocycles. The number of sulfone groups is 1. The molecule has 128 valence electrons. The molecule has 1 aliphatic carbocycles. The second-order valence-electron chi connectivity index (χ2n) is 6.16. The first-order chi connectivity index (χ1) is 11.2. The fourth-order valence-electron chi connectivity index (χ4n) is 3.47. The zero-order chi connectivity index (χ0) is 17.6.